The van der Waals surface area contributed by atoms with Crippen LogP contribution in [0.2, 0.25) is 0 Å². The van der Waals surface area contributed by atoms with Crippen LogP contribution in [0.1, 0.15) is 5.56 Å². The minimum absolute atomic E-state index is 0. The molecule has 0 aliphatic heterocycles. The summed E-state index contributed by atoms with van der Waals surface area (Å²) in [4.78, 5) is 13.7. The van der Waals surface area contributed by atoms with Crippen molar-refractivity contribution in [1.82, 2.24) is 9.55 Å². The number of nitriles is 1. The third-order valence-corrected chi connectivity index (χ3v) is 4.14. The number of nitrogens with one attached hydrogen (secondary N) is 2. The van der Waals surface area contributed by atoms with Crippen LogP contribution in [0.15, 0.2) is 54.6 Å². The van der Waals surface area contributed by atoms with Crippen LogP contribution in [-0.2, 0) is 0 Å². The summed E-state index contributed by atoms with van der Waals surface area (Å²) in [6, 6.07) is 17.3. The molecule has 2 N–H and O–H groups in total. The van der Waals surface area contributed by atoms with Crippen molar-refractivity contribution >= 4 is 40.0 Å². The van der Waals surface area contributed by atoms with Crippen LogP contribution in [0.5, 0.6) is 0 Å². The highest BCUT2D eigenvalue weighted by molar-refractivity contribution is 6.06. The summed E-state index contributed by atoms with van der Waals surface area (Å²) in [5.41, 5.74) is 3.19. The SMILES string of the molecule is Cl.N#Cc1cc2[nH]c3ccccc3c2n(-c2ccc([N+](=O)[O-])cc2)c1=N. The Morgan fingerprint density at radius 2 is 1.81 bits per heavy atom. The first-order chi connectivity index (χ1) is 12.1. The van der Waals surface area contributed by atoms with Gasteiger partial charge < -0.3 is 4.98 Å². The van der Waals surface area contributed by atoms with Crippen molar-refractivity contribution < 1.29 is 4.92 Å². The van der Waals surface area contributed by atoms with E-state index in [0.717, 1.165) is 21.9 Å². The van der Waals surface area contributed by atoms with Crippen molar-refractivity contribution in [1.29, 1.82) is 10.7 Å². The molecule has 26 heavy (non-hydrogen) atoms. The van der Waals surface area contributed by atoms with Crippen LogP contribution < -0.4 is 5.49 Å². The molecule has 0 spiro atoms. The third kappa shape index (κ3) is 2.49. The highest BCUT2D eigenvalue weighted by atomic mass is 35.5. The molecule has 0 atom stereocenters. The maximum atomic E-state index is 10.9. The Labute approximate surface area is 153 Å². The standard InChI is InChI=1S/C18H11N5O2.ClH/c19-10-11-9-16-17(14-3-1-2-4-15(14)21-16)22(18(11)20)12-5-7-13(8-6-12)23(24)25;/h1-9,20-21H;1H. The van der Waals surface area contributed by atoms with Gasteiger partial charge in [0, 0.05) is 28.7 Å². The van der Waals surface area contributed by atoms with Crippen molar-refractivity contribution in [2.45, 2.75) is 0 Å². The first-order valence-corrected chi connectivity index (χ1v) is 7.46. The number of hydrogen-bond acceptors (Lipinski definition) is 4. The van der Waals surface area contributed by atoms with E-state index in [1.54, 1.807) is 22.8 Å². The maximum Gasteiger partial charge on any atom is 0.269 e. The van der Waals surface area contributed by atoms with E-state index >= 15 is 0 Å². The van der Waals surface area contributed by atoms with Gasteiger partial charge in [0.15, 0.2) is 0 Å². The molecule has 0 saturated carbocycles. The predicted molar refractivity (Wildman–Crippen MR) is 99.6 cm³/mol. The van der Waals surface area contributed by atoms with Gasteiger partial charge in [-0.05, 0) is 24.3 Å². The maximum absolute atomic E-state index is 10.9. The van der Waals surface area contributed by atoms with Gasteiger partial charge in [-0.3, -0.25) is 20.1 Å². The number of benzene rings is 2. The summed E-state index contributed by atoms with van der Waals surface area (Å²) in [5, 5.41) is 29.6. The Morgan fingerprint density at radius 3 is 2.46 bits per heavy atom. The van der Waals surface area contributed by atoms with Gasteiger partial charge in [0.2, 0.25) is 0 Å². The minimum Gasteiger partial charge on any atom is -0.353 e. The van der Waals surface area contributed by atoms with Gasteiger partial charge in [-0.1, -0.05) is 18.2 Å². The Bertz CT molecular complexity index is 1250. The van der Waals surface area contributed by atoms with Crippen LogP contribution >= 0.6 is 12.4 Å². The molecule has 2 heterocycles. The second kappa shape index (κ2) is 6.35. The normalized spacial score (nSPS) is 10.4. The molecular formula is C18H12ClN5O2. The third-order valence-electron chi connectivity index (χ3n) is 4.14. The second-order valence-electron chi connectivity index (χ2n) is 5.56. The Morgan fingerprint density at radius 1 is 1.12 bits per heavy atom. The van der Waals surface area contributed by atoms with Crippen molar-refractivity contribution in [2.24, 2.45) is 0 Å². The van der Waals surface area contributed by atoms with Gasteiger partial charge in [0.05, 0.1) is 21.5 Å². The first kappa shape index (κ1) is 17.2. The molecule has 4 rings (SSSR count). The highest BCUT2D eigenvalue weighted by Crippen LogP contribution is 2.27. The van der Waals surface area contributed by atoms with Crippen molar-refractivity contribution in [3.05, 3.63) is 75.8 Å². The van der Waals surface area contributed by atoms with Gasteiger partial charge in [-0.2, -0.15) is 5.26 Å². The molecular weight excluding hydrogens is 354 g/mol. The number of para-hydroxylation sites is 1. The van der Waals surface area contributed by atoms with E-state index in [1.165, 1.54) is 12.1 Å². The molecule has 8 heteroatoms. The number of nitro benzene ring substituents is 1. The van der Waals surface area contributed by atoms with Crippen LogP contribution in [0, 0.1) is 26.9 Å². The van der Waals surface area contributed by atoms with E-state index < -0.39 is 4.92 Å². The van der Waals surface area contributed by atoms with E-state index in [9.17, 15) is 15.4 Å². The molecule has 4 aromatic rings. The molecule has 0 fully saturated rings. The van der Waals surface area contributed by atoms with Gasteiger partial charge in [-0.15, -0.1) is 12.4 Å². The lowest BCUT2D eigenvalue weighted by atomic mass is 10.2. The molecule has 2 aromatic heterocycles. The molecule has 0 amide bonds. The summed E-state index contributed by atoms with van der Waals surface area (Å²) in [5.74, 6) is 0. The van der Waals surface area contributed by atoms with Crippen LogP contribution in [-0.4, -0.2) is 14.5 Å². The minimum atomic E-state index is -0.469. The Balaban J connectivity index is 0.00000196. The number of aromatic nitrogens is 2. The highest BCUT2D eigenvalue weighted by Gasteiger charge is 2.14. The number of nitrogens with zero attached hydrogens (tertiary/aromatic N) is 3. The zero-order valence-corrected chi connectivity index (χ0v) is 14.1. The molecule has 7 nitrogen and oxygen atoms in total. The largest absolute Gasteiger partial charge is 0.353 e. The van der Waals surface area contributed by atoms with Gasteiger partial charge in [0.1, 0.15) is 11.6 Å². The van der Waals surface area contributed by atoms with E-state index in [1.807, 2.05) is 30.3 Å². The lowest BCUT2D eigenvalue weighted by molar-refractivity contribution is -0.384. The summed E-state index contributed by atoms with van der Waals surface area (Å²) < 4.78 is 1.64. The molecule has 0 aliphatic carbocycles. The summed E-state index contributed by atoms with van der Waals surface area (Å²) in [7, 11) is 0. The zero-order valence-electron chi connectivity index (χ0n) is 13.3. The number of aromatic amines is 1. The number of rotatable bonds is 2. The topological polar surface area (TPSA) is 112 Å². The smallest absolute Gasteiger partial charge is 0.269 e. The number of pyridine rings is 1. The van der Waals surface area contributed by atoms with Crippen molar-refractivity contribution in [3.8, 4) is 11.8 Å². The quantitative estimate of drug-likeness (QED) is 0.416. The van der Waals surface area contributed by atoms with E-state index in [2.05, 4.69) is 4.98 Å². The van der Waals surface area contributed by atoms with Crippen molar-refractivity contribution in [2.75, 3.05) is 0 Å². The monoisotopic (exact) mass is 365 g/mol. The fourth-order valence-electron chi connectivity index (χ4n) is 3.01. The first-order valence-electron chi connectivity index (χ1n) is 7.46. The van der Waals surface area contributed by atoms with E-state index in [0.29, 0.717) is 5.69 Å². The lowest BCUT2D eigenvalue weighted by Gasteiger charge is -2.10. The Kier molecular flexibility index (Phi) is 4.20. The summed E-state index contributed by atoms with van der Waals surface area (Å²) >= 11 is 0. The summed E-state index contributed by atoms with van der Waals surface area (Å²) in [6.45, 7) is 0. The zero-order chi connectivity index (χ0) is 17.6. The van der Waals surface area contributed by atoms with E-state index in [-0.39, 0.29) is 29.1 Å². The average molecular weight is 366 g/mol. The van der Waals surface area contributed by atoms with Crippen molar-refractivity contribution in [3.63, 3.8) is 0 Å². The van der Waals surface area contributed by atoms with Gasteiger partial charge in [0.25, 0.3) is 5.69 Å². The fourth-order valence-corrected chi connectivity index (χ4v) is 3.01. The van der Waals surface area contributed by atoms with E-state index in [4.69, 9.17) is 5.41 Å². The fraction of sp³-hybridized carbons (Fsp3) is 0. The molecule has 2 aromatic carbocycles. The van der Waals surface area contributed by atoms with Gasteiger partial charge in [-0.25, -0.2) is 0 Å². The van der Waals surface area contributed by atoms with Gasteiger partial charge >= 0.3 is 0 Å². The lowest BCUT2D eigenvalue weighted by Crippen LogP contribution is -2.21. The predicted octanol–water partition coefficient (Wildman–Crippen LogP) is 3.79. The average Bonchev–Trinajstić information content (AvgIpc) is 2.99. The van der Waals surface area contributed by atoms with Crippen LogP contribution in [0.4, 0.5) is 5.69 Å². The molecule has 0 radical (unpaired) electrons. The number of hydrogen-bond donors (Lipinski definition) is 2. The van der Waals surface area contributed by atoms with Crippen LogP contribution in [0.25, 0.3) is 27.6 Å². The summed E-state index contributed by atoms with van der Waals surface area (Å²) in [6.07, 6.45) is 0. The molecule has 128 valence electrons. The molecule has 0 unspecified atom stereocenters. The number of nitro groups is 1. The molecule has 0 saturated heterocycles. The number of H-pyrrole nitrogens is 1. The second-order valence-corrected chi connectivity index (χ2v) is 5.56. The Hall–Kier alpha value is -3.63. The molecule has 0 aliphatic rings. The number of non-ortho nitro benzene ring substituents is 1. The number of halogens is 1. The molecule has 0 bridgehead atoms. The number of fused-ring (bicyclic) bond motifs is 3. The van der Waals surface area contributed by atoms with Crippen LogP contribution in [0.3, 0.4) is 0 Å².